The molecule has 2 aromatic heterocycles. The number of fused-ring (bicyclic) bond motifs is 1. The fourth-order valence-electron chi connectivity index (χ4n) is 1.66. The van der Waals surface area contributed by atoms with Crippen LogP contribution in [-0.2, 0) is 0 Å². The molecule has 2 heterocycles. The normalized spacial score (nSPS) is 10.9. The van der Waals surface area contributed by atoms with Crippen molar-refractivity contribution in [3.05, 3.63) is 17.3 Å². The predicted molar refractivity (Wildman–Crippen MR) is 69.1 cm³/mol. The minimum absolute atomic E-state index is 0.710. The highest BCUT2D eigenvalue weighted by molar-refractivity contribution is 7.18. The largest absolute Gasteiger partial charge is 0.358 e. The van der Waals surface area contributed by atoms with Crippen LogP contribution in [0.25, 0.3) is 10.2 Å². The van der Waals surface area contributed by atoms with Gasteiger partial charge in [-0.15, -0.1) is 11.3 Å². The van der Waals surface area contributed by atoms with Crippen molar-refractivity contribution in [2.45, 2.75) is 13.3 Å². The smallest absolute Gasteiger partial charge is 0.149 e. The summed E-state index contributed by atoms with van der Waals surface area (Å²) in [7, 11) is 2.05. The number of thiophene rings is 1. The van der Waals surface area contributed by atoms with Gasteiger partial charge in [0.2, 0.25) is 0 Å². The molecule has 0 radical (unpaired) electrons. The molecular formula is C11H16N4S. The highest BCUT2D eigenvalue weighted by atomic mass is 32.1. The van der Waals surface area contributed by atoms with Gasteiger partial charge < -0.3 is 10.6 Å². The number of hydrogen-bond donors (Lipinski definition) is 1. The third-order valence-electron chi connectivity index (χ3n) is 2.57. The van der Waals surface area contributed by atoms with Crippen LogP contribution >= 0.6 is 11.3 Å². The summed E-state index contributed by atoms with van der Waals surface area (Å²) in [6, 6.07) is 0. The first-order valence-electron chi connectivity index (χ1n) is 5.34. The van der Waals surface area contributed by atoms with Crippen LogP contribution in [0.1, 0.15) is 12.0 Å². The first kappa shape index (κ1) is 11.3. The van der Waals surface area contributed by atoms with E-state index in [0.29, 0.717) is 6.54 Å². The zero-order chi connectivity index (χ0) is 11.5. The average molecular weight is 236 g/mol. The second-order valence-corrected chi connectivity index (χ2v) is 4.74. The summed E-state index contributed by atoms with van der Waals surface area (Å²) in [6.07, 6.45) is 2.61. The molecule has 0 aliphatic rings. The van der Waals surface area contributed by atoms with Crippen LogP contribution in [0.15, 0.2) is 11.7 Å². The maximum Gasteiger partial charge on any atom is 0.149 e. The number of hydrogen-bond acceptors (Lipinski definition) is 5. The highest BCUT2D eigenvalue weighted by Crippen LogP contribution is 2.30. The molecule has 0 aliphatic carbocycles. The molecule has 0 atom stereocenters. The van der Waals surface area contributed by atoms with E-state index in [1.54, 1.807) is 17.7 Å². The van der Waals surface area contributed by atoms with E-state index in [2.05, 4.69) is 27.2 Å². The quantitative estimate of drug-likeness (QED) is 0.879. The first-order valence-corrected chi connectivity index (χ1v) is 6.22. The highest BCUT2D eigenvalue weighted by Gasteiger charge is 2.11. The van der Waals surface area contributed by atoms with Gasteiger partial charge >= 0.3 is 0 Å². The lowest BCUT2D eigenvalue weighted by atomic mass is 10.3. The lowest BCUT2D eigenvalue weighted by Gasteiger charge is -2.17. The zero-order valence-corrected chi connectivity index (χ0v) is 10.4. The third kappa shape index (κ3) is 2.01. The summed E-state index contributed by atoms with van der Waals surface area (Å²) in [5, 5.41) is 2.12. The summed E-state index contributed by atoms with van der Waals surface area (Å²) in [5.74, 6) is 1.01. The van der Waals surface area contributed by atoms with Crippen LogP contribution in [0, 0.1) is 6.92 Å². The summed E-state index contributed by atoms with van der Waals surface area (Å²) < 4.78 is 1.17. The van der Waals surface area contributed by atoms with Gasteiger partial charge in [-0.2, -0.15) is 0 Å². The number of rotatable bonds is 4. The van der Waals surface area contributed by atoms with Gasteiger partial charge in [-0.3, -0.25) is 0 Å². The van der Waals surface area contributed by atoms with E-state index in [0.717, 1.165) is 24.3 Å². The van der Waals surface area contributed by atoms with E-state index < -0.39 is 0 Å². The molecule has 2 aromatic rings. The van der Waals surface area contributed by atoms with Crippen LogP contribution in [0.5, 0.6) is 0 Å². The summed E-state index contributed by atoms with van der Waals surface area (Å²) in [6.45, 7) is 3.72. The van der Waals surface area contributed by atoms with Crippen molar-refractivity contribution in [2.75, 3.05) is 25.0 Å². The Hall–Kier alpha value is -1.20. The Kier molecular flexibility index (Phi) is 3.36. The van der Waals surface area contributed by atoms with Gasteiger partial charge in [-0.05, 0) is 30.8 Å². The molecule has 4 nitrogen and oxygen atoms in total. The summed E-state index contributed by atoms with van der Waals surface area (Å²) in [4.78, 5) is 10.8. The standard InChI is InChI=1S/C11H16N4S/c1-8-6-16-10-9(8)13-7-14-11(10)15(2)5-3-4-12/h6-7H,3-5,12H2,1-2H3. The van der Waals surface area contributed by atoms with E-state index in [4.69, 9.17) is 5.73 Å². The maximum atomic E-state index is 5.51. The van der Waals surface area contributed by atoms with Crippen LogP contribution in [0.2, 0.25) is 0 Å². The first-order chi connectivity index (χ1) is 7.74. The molecule has 0 spiro atoms. The SMILES string of the molecule is Cc1csc2c(N(C)CCCN)ncnc12. The summed E-state index contributed by atoms with van der Waals surface area (Å²) in [5.41, 5.74) is 7.80. The Morgan fingerprint density at radius 2 is 2.25 bits per heavy atom. The van der Waals surface area contributed by atoms with E-state index in [1.807, 2.05) is 7.05 Å². The van der Waals surface area contributed by atoms with Gasteiger partial charge in [0.05, 0.1) is 10.2 Å². The Morgan fingerprint density at radius 3 is 3.00 bits per heavy atom. The van der Waals surface area contributed by atoms with Gasteiger partial charge in [0.25, 0.3) is 0 Å². The van der Waals surface area contributed by atoms with E-state index >= 15 is 0 Å². The Labute approximate surface area is 99.1 Å². The fourth-order valence-corrected chi connectivity index (χ4v) is 2.71. The number of nitrogens with two attached hydrogens (primary N) is 1. The number of aromatic nitrogens is 2. The number of nitrogens with zero attached hydrogens (tertiary/aromatic N) is 3. The average Bonchev–Trinajstić information content (AvgIpc) is 2.68. The minimum Gasteiger partial charge on any atom is -0.358 e. The van der Waals surface area contributed by atoms with Gasteiger partial charge in [-0.1, -0.05) is 0 Å². The molecule has 16 heavy (non-hydrogen) atoms. The summed E-state index contributed by atoms with van der Waals surface area (Å²) >= 11 is 1.70. The molecule has 2 N–H and O–H groups in total. The zero-order valence-electron chi connectivity index (χ0n) is 9.60. The monoisotopic (exact) mass is 236 g/mol. The molecule has 0 unspecified atom stereocenters. The van der Waals surface area contributed by atoms with Crippen molar-refractivity contribution in [1.29, 1.82) is 0 Å². The molecule has 0 amide bonds. The van der Waals surface area contributed by atoms with Crippen LogP contribution < -0.4 is 10.6 Å². The van der Waals surface area contributed by atoms with Gasteiger partial charge in [-0.25, -0.2) is 9.97 Å². The van der Waals surface area contributed by atoms with Crippen molar-refractivity contribution in [3.8, 4) is 0 Å². The number of anilines is 1. The van der Waals surface area contributed by atoms with Gasteiger partial charge in [0.1, 0.15) is 12.1 Å². The lowest BCUT2D eigenvalue weighted by molar-refractivity contribution is 0.789. The molecule has 0 bridgehead atoms. The van der Waals surface area contributed by atoms with Crippen LogP contribution in [0.4, 0.5) is 5.82 Å². The molecule has 0 aromatic carbocycles. The van der Waals surface area contributed by atoms with Crippen LogP contribution in [0.3, 0.4) is 0 Å². The molecule has 2 rings (SSSR count). The van der Waals surface area contributed by atoms with Crippen LogP contribution in [-0.4, -0.2) is 30.1 Å². The van der Waals surface area contributed by atoms with Gasteiger partial charge in [0.15, 0.2) is 0 Å². The van der Waals surface area contributed by atoms with E-state index in [-0.39, 0.29) is 0 Å². The Morgan fingerprint density at radius 1 is 1.44 bits per heavy atom. The van der Waals surface area contributed by atoms with E-state index in [9.17, 15) is 0 Å². The minimum atomic E-state index is 0.710. The molecule has 0 aliphatic heterocycles. The van der Waals surface area contributed by atoms with E-state index in [1.165, 1.54) is 10.3 Å². The number of aryl methyl sites for hydroxylation is 1. The lowest BCUT2D eigenvalue weighted by Crippen LogP contribution is -2.22. The fraction of sp³-hybridized carbons (Fsp3) is 0.455. The Bertz CT molecular complexity index is 480. The van der Waals surface area contributed by atoms with Crippen molar-refractivity contribution >= 4 is 27.4 Å². The molecule has 0 saturated carbocycles. The molecule has 86 valence electrons. The Balaban J connectivity index is 2.36. The second kappa shape index (κ2) is 4.76. The van der Waals surface area contributed by atoms with Crippen molar-refractivity contribution in [3.63, 3.8) is 0 Å². The molecule has 0 saturated heterocycles. The third-order valence-corrected chi connectivity index (χ3v) is 3.65. The van der Waals surface area contributed by atoms with Gasteiger partial charge in [0, 0.05) is 13.6 Å². The predicted octanol–water partition coefficient (Wildman–Crippen LogP) is 1.78. The molecule has 0 fully saturated rings. The maximum absolute atomic E-state index is 5.51. The molecular weight excluding hydrogens is 220 g/mol. The van der Waals surface area contributed by atoms with Crippen molar-refractivity contribution in [1.82, 2.24) is 9.97 Å². The molecule has 5 heteroatoms. The second-order valence-electron chi connectivity index (χ2n) is 3.86. The van der Waals surface area contributed by atoms with Crippen molar-refractivity contribution < 1.29 is 0 Å². The topological polar surface area (TPSA) is 55.0 Å². The van der Waals surface area contributed by atoms with Crippen molar-refractivity contribution in [2.24, 2.45) is 5.73 Å².